The number of benzene rings is 1. The molecule has 2 rings (SSSR count). The van der Waals surface area contributed by atoms with E-state index in [9.17, 15) is 13.2 Å². The van der Waals surface area contributed by atoms with E-state index in [1.807, 2.05) is 30.3 Å². The molecule has 0 radical (unpaired) electrons. The summed E-state index contributed by atoms with van der Waals surface area (Å²) in [5.41, 5.74) is 6.68. The Balaban J connectivity index is 2.28. The molecular formula is C12H11F3N2. The van der Waals surface area contributed by atoms with Crippen molar-refractivity contribution in [1.29, 1.82) is 0 Å². The average molecular weight is 240 g/mol. The minimum absolute atomic E-state index is 0.713. The van der Waals surface area contributed by atoms with Crippen molar-refractivity contribution in [3.63, 3.8) is 0 Å². The lowest BCUT2D eigenvalue weighted by molar-refractivity contribution is -0.166. The SMILES string of the molecule is NC(n1ccc(-c2ccccc2)c1)C(F)(F)F. The number of nitrogens with zero attached hydrogens (tertiary/aromatic N) is 1. The maximum absolute atomic E-state index is 12.4. The molecule has 0 bridgehead atoms. The molecule has 90 valence electrons. The van der Waals surface area contributed by atoms with Crippen molar-refractivity contribution in [2.75, 3.05) is 0 Å². The lowest BCUT2D eigenvalue weighted by Gasteiger charge is -2.16. The molecule has 1 unspecified atom stereocenters. The fraction of sp³-hybridized carbons (Fsp3) is 0.167. The van der Waals surface area contributed by atoms with Crippen molar-refractivity contribution < 1.29 is 13.2 Å². The number of hydrogen-bond acceptors (Lipinski definition) is 1. The quantitative estimate of drug-likeness (QED) is 0.858. The summed E-state index contributed by atoms with van der Waals surface area (Å²) < 4.78 is 38.2. The summed E-state index contributed by atoms with van der Waals surface area (Å²) in [7, 11) is 0. The van der Waals surface area contributed by atoms with Gasteiger partial charge in [-0.1, -0.05) is 30.3 Å². The van der Waals surface area contributed by atoms with Crippen LogP contribution in [0.4, 0.5) is 13.2 Å². The summed E-state index contributed by atoms with van der Waals surface area (Å²) in [4.78, 5) is 0. The summed E-state index contributed by atoms with van der Waals surface area (Å²) in [5.74, 6) is 0. The van der Waals surface area contributed by atoms with Crippen LogP contribution in [-0.4, -0.2) is 10.7 Å². The molecule has 1 aromatic carbocycles. The van der Waals surface area contributed by atoms with Crippen molar-refractivity contribution in [2.24, 2.45) is 5.73 Å². The van der Waals surface area contributed by atoms with Gasteiger partial charge in [0, 0.05) is 12.4 Å². The molecule has 0 aliphatic heterocycles. The molecule has 0 saturated heterocycles. The Kier molecular flexibility index (Phi) is 2.93. The summed E-state index contributed by atoms with van der Waals surface area (Å²) >= 11 is 0. The van der Waals surface area contributed by atoms with Crippen LogP contribution in [0.1, 0.15) is 6.17 Å². The van der Waals surface area contributed by atoms with Gasteiger partial charge < -0.3 is 10.3 Å². The van der Waals surface area contributed by atoms with Gasteiger partial charge in [-0.25, -0.2) is 0 Å². The monoisotopic (exact) mass is 240 g/mol. The second-order valence-electron chi connectivity index (χ2n) is 3.70. The van der Waals surface area contributed by atoms with Crippen LogP contribution in [0.25, 0.3) is 11.1 Å². The zero-order chi connectivity index (χ0) is 12.5. The van der Waals surface area contributed by atoms with Gasteiger partial charge in [0.15, 0.2) is 6.17 Å². The highest BCUT2D eigenvalue weighted by Gasteiger charge is 2.37. The summed E-state index contributed by atoms with van der Waals surface area (Å²) in [5, 5.41) is 0. The van der Waals surface area contributed by atoms with E-state index >= 15 is 0 Å². The zero-order valence-electron chi connectivity index (χ0n) is 8.85. The van der Waals surface area contributed by atoms with Crippen LogP contribution in [-0.2, 0) is 0 Å². The molecule has 2 aromatic rings. The largest absolute Gasteiger partial charge is 0.422 e. The lowest BCUT2D eigenvalue weighted by atomic mass is 10.1. The highest BCUT2D eigenvalue weighted by molar-refractivity contribution is 5.62. The van der Waals surface area contributed by atoms with Crippen LogP contribution in [0.5, 0.6) is 0 Å². The van der Waals surface area contributed by atoms with Crippen molar-refractivity contribution in [3.05, 3.63) is 48.8 Å². The van der Waals surface area contributed by atoms with Crippen LogP contribution < -0.4 is 5.73 Å². The van der Waals surface area contributed by atoms with E-state index in [-0.39, 0.29) is 0 Å². The van der Waals surface area contributed by atoms with E-state index in [1.54, 1.807) is 6.07 Å². The van der Waals surface area contributed by atoms with Gasteiger partial charge in [-0.15, -0.1) is 0 Å². The fourth-order valence-electron chi connectivity index (χ4n) is 1.56. The van der Waals surface area contributed by atoms with E-state index in [1.165, 1.54) is 12.4 Å². The van der Waals surface area contributed by atoms with Crippen LogP contribution in [0.15, 0.2) is 48.8 Å². The molecule has 0 fully saturated rings. The number of rotatable bonds is 2. The lowest BCUT2D eigenvalue weighted by Crippen LogP contribution is -2.32. The van der Waals surface area contributed by atoms with Crippen molar-refractivity contribution in [2.45, 2.75) is 12.3 Å². The van der Waals surface area contributed by atoms with E-state index in [0.717, 1.165) is 10.1 Å². The van der Waals surface area contributed by atoms with Crippen LogP contribution >= 0.6 is 0 Å². The van der Waals surface area contributed by atoms with Gasteiger partial charge in [0.25, 0.3) is 0 Å². The molecule has 2 N–H and O–H groups in total. The van der Waals surface area contributed by atoms with Crippen molar-refractivity contribution in [3.8, 4) is 11.1 Å². The Morgan fingerprint density at radius 1 is 1.00 bits per heavy atom. The smallest absolute Gasteiger partial charge is 0.330 e. The molecule has 17 heavy (non-hydrogen) atoms. The molecule has 0 amide bonds. The first-order chi connectivity index (χ1) is 7.98. The highest BCUT2D eigenvalue weighted by atomic mass is 19.4. The topological polar surface area (TPSA) is 30.9 Å². The number of hydrogen-bond donors (Lipinski definition) is 1. The maximum atomic E-state index is 12.4. The molecule has 0 aliphatic carbocycles. The second-order valence-corrected chi connectivity index (χ2v) is 3.70. The Labute approximate surface area is 96.5 Å². The Hall–Kier alpha value is -1.75. The normalized spacial score (nSPS) is 13.6. The van der Waals surface area contributed by atoms with Crippen LogP contribution in [0, 0.1) is 0 Å². The molecule has 5 heteroatoms. The fourth-order valence-corrected chi connectivity index (χ4v) is 1.56. The first kappa shape index (κ1) is 11.7. The molecule has 0 spiro atoms. The maximum Gasteiger partial charge on any atom is 0.422 e. The molecule has 0 saturated carbocycles. The van der Waals surface area contributed by atoms with Crippen molar-refractivity contribution in [1.82, 2.24) is 4.57 Å². The van der Waals surface area contributed by atoms with Crippen molar-refractivity contribution >= 4 is 0 Å². The first-order valence-corrected chi connectivity index (χ1v) is 5.03. The summed E-state index contributed by atoms with van der Waals surface area (Å²) in [6.45, 7) is 0. The van der Waals surface area contributed by atoms with Gasteiger partial charge in [0.1, 0.15) is 0 Å². The number of nitrogens with two attached hydrogens (primary N) is 1. The third-order valence-corrected chi connectivity index (χ3v) is 2.48. The van der Waals surface area contributed by atoms with E-state index < -0.39 is 12.3 Å². The van der Waals surface area contributed by atoms with Crippen LogP contribution in [0.3, 0.4) is 0 Å². The molecule has 1 atom stereocenters. The Morgan fingerprint density at radius 3 is 2.24 bits per heavy atom. The second kappa shape index (κ2) is 4.25. The number of alkyl halides is 3. The van der Waals surface area contributed by atoms with Gasteiger partial charge in [0.2, 0.25) is 0 Å². The molecule has 0 aliphatic rings. The summed E-state index contributed by atoms with van der Waals surface area (Å²) in [6.07, 6.45) is -3.71. The Morgan fingerprint density at radius 2 is 1.65 bits per heavy atom. The predicted octanol–water partition coefficient (Wildman–Crippen LogP) is 3.17. The number of halogens is 3. The van der Waals surface area contributed by atoms with Gasteiger partial charge >= 0.3 is 6.18 Å². The van der Waals surface area contributed by atoms with Gasteiger partial charge in [-0.2, -0.15) is 13.2 Å². The first-order valence-electron chi connectivity index (χ1n) is 5.03. The third-order valence-electron chi connectivity index (χ3n) is 2.48. The van der Waals surface area contributed by atoms with E-state index in [0.29, 0.717) is 5.56 Å². The predicted molar refractivity (Wildman–Crippen MR) is 59.1 cm³/mol. The van der Waals surface area contributed by atoms with Crippen LogP contribution in [0.2, 0.25) is 0 Å². The molecule has 1 heterocycles. The zero-order valence-corrected chi connectivity index (χ0v) is 8.85. The molecule has 2 nitrogen and oxygen atoms in total. The highest BCUT2D eigenvalue weighted by Crippen LogP contribution is 2.28. The standard InChI is InChI=1S/C12H11F3N2/c13-12(14,15)11(16)17-7-6-10(8-17)9-4-2-1-3-5-9/h1-8,11H,16H2. The minimum atomic E-state index is -4.44. The van der Waals surface area contributed by atoms with Gasteiger partial charge in [-0.05, 0) is 17.2 Å². The number of aromatic nitrogens is 1. The minimum Gasteiger partial charge on any atom is -0.330 e. The molecule has 1 aromatic heterocycles. The molecular weight excluding hydrogens is 229 g/mol. The summed E-state index contributed by atoms with van der Waals surface area (Å²) in [6, 6.07) is 10.8. The van der Waals surface area contributed by atoms with Gasteiger partial charge in [-0.3, -0.25) is 0 Å². The van der Waals surface area contributed by atoms with Gasteiger partial charge in [0.05, 0.1) is 0 Å². The Bertz CT molecular complexity index is 488. The van der Waals surface area contributed by atoms with E-state index in [2.05, 4.69) is 0 Å². The average Bonchev–Trinajstić information content (AvgIpc) is 2.77. The van der Waals surface area contributed by atoms with E-state index in [4.69, 9.17) is 5.73 Å². The third kappa shape index (κ3) is 2.50.